The van der Waals surface area contributed by atoms with Gasteiger partial charge in [0.2, 0.25) is 0 Å². The predicted octanol–water partition coefficient (Wildman–Crippen LogP) is 36.4. The Labute approximate surface area is 786 Å². The first-order valence-electron chi connectivity index (χ1n) is 46.6. The summed E-state index contributed by atoms with van der Waals surface area (Å²) < 4.78 is 19.1. The number of para-hydroxylation sites is 9. The molecule has 4 aromatic heterocycles. The van der Waals surface area contributed by atoms with Crippen molar-refractivity contribution in [2.75, 3.05) is 9.80 Å². The Hall–Kier alpha value is -18.1. The predicted molar refractivity (Wildman–Crippen MR) is 571 cm³/mol. The van der Waals surface area contributed by atoms with Crippen LogP contribution in [0.15, 0.2) is 518 Å². The second-order valence-corrected chi connectivity index (χ2v) is 35.2. The molecule has 0 bridgehead atoms. The Balaban J connectivity index is 0.558. The van der Waals surface area contributed by atoms with Gasteiger partial charge in [0.05, 0.1) is 39.1 Å². The molecule has 0 aliphatic rings. The highest BCUT2D eigenvalue weighted by Gasteiger charge is 2.27. The molecule has 0 aliphatic heterocycles. The SMILES string of the molecule is c1ccc(-c2ccc(-c3ccc(N(c4ccc(-c5ccccc5-c5cccc6c5oc5ccccc56)cc4)c4ccc5c(-c6cccc7c6oc6c(-c8ccccc8-c8ccc(N(c9ccc(-c%10ccc(-c%11ccccc%11)cc%10-n%10c%11ccccc%11c%11ccccc%11%10)cc9)c9ccccc9-c9ccccc9)cc8)cccc67)cccc5c4)cc3)c(-n3c4ccccc4c4ccccc43)c2)cc1. The van der Waals surface area contributed by atoms with Crippen molar-refractivity contribution in [1.29, 1.82) is 0 Å². The van der Waals surface area contributed by atoms with E-state index in [2.05, 4.69) is 522 Å². The summed E-state index contributed by atoms with van der Waals surface area (Å²) in [5.74, 6) is 0. The van der Waals surface area contributed by atoms with Crippen molar-refractivity contribution in [2.45, 2.75) is 0 Å². The van der Waals surface area contributed by atoms with Gasteiger partial charge < -0.3 is 27.8 Å². The van der Waals surface area contributed by atoms with Crippen LogP contribution in [0, 0.1) is 0 Å². The molecule has 0 aliphatic carbocycles. The van der Waals surface area contributed by atoms with Gasteiger partial charge in [-0.15, -0.1) is 0 Å². The highest BCUT2D eigenvalue weighted by atomic mass is 16.3. The van der Waals surface area contributed by atoms with Crippen molar-refractivity contribution in [1.82, 2.24) is 9.13 Å². The van der Waals surface area contributed by atoms with E-state index in [4.69, 9.17) is 8.83 Å². The van der Waals surface area contributed by atoms with Gasteiger partial charge in [0, 0.05) is 105 Å². The van der Waals surface area contributed by atoms with E-state index in [-0.39, 0.29) is 0 Å². The number of aromatic nitrogens is 2. The Morgan fingerprint density at radius 3 is 0.926 bits per heavy atom. The van der Waals surface area contributed by atoms with Crippen LogP contribution in [0.4, 0.5) is 34.1 Å². The van der Waals surface area contributed by atoms with Gasteiger partial charge in [0.15, 0.2) is 0 Å². The molecule has 4 heterocycles. The summed E-state index contributed by atoms with van der Waals surface area (Å²) in [6, 6.07) is 186. The maximum absolute atomic E-state index is 7.47. The zero-order valence-corrected chi connectivity index (χ0v) is 74.1. The normalized spacial score (nSPS) is 11.7. The molecule has 0 amide bonds. The van der Waals surface area contributed by atoms with Crippen LogP contribution >= 0.6 is 0 Å². The van der Waals surface area contributed by atoms with E-state index >= 15 is 0 Å². The van der Waals surface area contributed by atoms with E-state index in [1.807, 2.05) is 6.07 Å². The zero-order chi connectivity index (χ0) is 89.7. The topological polar surface area (TPSA) is 42.6 Å². The largest absolute Gasteiger partial charge is 0.455 e. The van der Waals surface area contributed by atoms with Crippen molar-refractivity contribution in [3.63, 3.8) is 0 Å². The maximum Gasteiger partial charge on any atom is 0.143 e. The van der Waals surface area contributed by atoms with Gasteiger partial charge in [-0.25, -0.2) is 0 Å². The third-order valence-corrected chi connectivity index (χ3v) is 27.6. The molecule has 6 heteroatoms. The van der Waals surface area contributed by atoms with Gasteiger partial charge in [-0.3, -0.25) is 0 Å². The van der Waals surface area contributed by atoms with Gasteiger partial charge in [-0.2, -0.15) is 0 Å². The molecule has 0 unspecified atom stereocenters. The van der Waals surface area contributed by atoms with E-state index in [0.29, 0.717) is 0 Å². The third kappa shape index (κ3) is 13.5. The van der Waals surface area contributed by atoms with E-state index in [0.717, 1.165) is 211 Å². The molecule has 6 nitrogen and oxygen atoms in total. The second kappa shape index (κ2) is 33.1. The summed E-state index contributed by atoms with van der Waals surface area (Å²) in [5, 5.41) is 11.4. The van der Waals surface area contributed by atoms with Crippen LogP contribution in [0.2, 0.25) is 0 Å². The summed E-state index contributed by atoms with van der Waals surface area (Å²) in [6.45, 7) is 0. The molecule has 26 rings (SSSR count). The molecule has 0 radical (unpaired) electrons. The first kappa shape index (κ1) is 78.9. The second-order valence-electron chi connectivity index (χ2n) is 35.2. The molecule has 0 spiro atoms. The van der Waals surface area contributed by atoms with Gasteiger partial charge in [-0.1, -0.05) is 400 Å². The van der Waals surface area contributed by atoms with Crippen LogP contribution in [0.1, 0.15) is 0 Å². The van der Waals surface area contributed by atoms with Crippen LogP contribution in [-0.4, -0.2) is 9.13 Å². The lowest BCUT2D eigenvalue weighted by Crippen LogP contribution is -2.11. The van der Waals surface area contributed by atoms with E-state index < -0.39 is 0 Å². The fourth-order valence-corrected chi connectivity index (χ4v) is 21.3. The van der Waals surface area contributed by atoms with Crippen molar-refractivity contribution in [3.8, 4) is 123 Å². The van der Waals surface area contributed by atoms with E-state index in [9.17, 15) is 0 Å². The minimum atomic E-state index is 0.838. The summed E-state index contributed by atoms with van der Waals surface area (Å²) in [4.78, 5) is 4.81. The molecule has 136 heavy (non-hydrogen) atoms. The minimum absolute atomic E-state index is 0.838. The maximum atomic E-state index is 7.47. The van der Waals surface area contributed by atoms with Crippen LogP contribution in [0.3, 0.4) is 0 Å². The number of furan rings is 2. The van der Waals surface area contributed by atoms with Crippen LogP contribution in [0.25, 0.3) is 221 Å². The van der Waals surface area contributed by atoms with Crippen molar-refractivity contribution >= 4 is 132 Å². The Morgan fingerprint density at radius 2 is 0.463 bits per heavy atom. The van der Waals surface area contributed by atoms with Crippen LogP contribution in [-0.2, 0) is 0 Å². The number of rotatable bonds is 18. The fourth-order valence-electron chi connectivity index (χ4n) is 21.3. The highest BCUT2D eigenvalue weighted by Crippen LogP contribution is 2.51. The summed E-state index contributed by atoms with van der Waals surface area (Å²) in [6.07, 6.45) is 0. The summed E-state index contributed by atoms with van der Waals surface area (Å²) >= 11 is 0. The smallest absolute Gasteiger partial charge is 0.143 e. The monoisotopic (exact) mass is 1730 g/mol. The van der Waals surface area contributed by atoms with Gasteiger partial charge in [0.25, 0.3) is 0 Å². The number of fused-ring (bicyclic) bond motifs is 13. The molecule has 636 valence electrons. The quantitative estimate of drug-likeness (QED) is 0.0859. The highest BCUT2D eigenvalue weighted by molar-refractivity contribution is 6.17. The molecule has 0 atom stereocenters. The van der Waals surface area contributed by atoms with Crippen molar-refractivity contribution < 1.29 is 8.83 Å². The summed E-state index contributed by atoms with van der Waals surface area (Å²) in [5.41, 5.74) is 38.7. The minimum Gasteiger partial charge on any atom is -0.455 e. The van der Waals surface area contributed by atoms with Crippen LogP contribution in [0.5, 0.6) is 0 Å². The standard InChI is InChI=1S/C130H84N4O2/c1-4-30-85(31-5-1)92-68-79-104(125(83-92)133-121-55-21-15-42-109(121)110-43-16-22-56-122(110)133)90-64-72-96(73-65-90)131(95-70-60-88(61-71-95)100-37-10-12-40-106(100)114-48-27-51-117-113-46-19-25-59-127(113)135-128(114)117)99-78-81-102-94(82-99)36-26-47-108(102)116-50-29-53-119-118-52-28-49-115(129(118)136-130(116)119)107-41-13-11-38-101(107)89-62-74-97(75-63-89)132(120-54-20-14-39-103(120)87-34-8-3-9-35-87)98-76-66-91(67-77-98)105-80-69-93(86-32-6-2-7-33-86)84-126(105)134-123-57-23-17-44-111(123)112-45-18-24-58-124(112)134/h1-84H. The number of nitrogens with zero attached hydrogens (tertiary/aromatic N) is 4. The van der Waals surface area contributed by atoms with Crippen molar-refractivity contribution in [2.24, 2.45) is 0 Å². The molecule has 0 N–H and O–H groups in total. The van der Waals surface area contributed by atoms with E-state index in [1.54, 1.807) is 0 Å². The number of anilines is 6. The molecule has 22 aromatic carbocycles. The van der Waals surface area contributed by atoms with Crippen molar-refractivity contribution in [3.05, 3.63) is 510 Å². The molecule has 0 saturated carbocycles. The van der Waals surface area contributed by atoms with Gasteiger partial charge in [-0.05, 0) is 198 Å². The first-order chi connectivity index (χ1) is 67.5. The molecule has 26 aromatic rings. The third-order valence-electron chi connectivity index (χ3n) is 27.6. The van der Waals surface area contributed by atoms with Gasteiger partial charge >= 0.3 is 0 Å². The number of hydrogen-bond acceptors (Lipinski definition) is 4. The lowest BCUT2D eigenvalue weighted by Gasteiger charge is -2.28. The molecule has 0 saturated heterocycles. The Morgan fingerprint density at radius 1 is 0.154 bits per heavy atom. The number of hydrogen-bond donors (Lipinski definition) is 0. The lowest BCUT2D eigenvalue weighted by atomic mass is 9.93. The lowest BCUT2D eigenvalue weighted by molar-refractivity contribution is 0.670. The van der Waals surface area contributed by atoms with E-state index in [1.165, 1.54) is 43.7 Å². The Bertz CT molecular complexity index is 9040. The average Bonchev–Trinajstić information content (AvgIpc) is 1.58. The Kier molecular flexibility index (Phi) is 19.2. The fraction of sp³-hybridized carbons (Fsp3) is 0. The van der Waals surface area contributed by atoms with Crippen LogP contribution < -0.4 is 9.80 Å². The summed E-state index contributed by atoms with van der Waals surface area (Å²) in [7, 11) is 0. The number of benzene rings is 22. The van der Waals surface area contributed by atoms with Gasteiger partial charge in [0.1, 0.15) is 22.3 Å². The first-order valence-corrected chi connectivity index (χ1v) is 46.6. The molecular weight excluding hydrogens is 1650 g/mol. The molecular formula is C130H84N4O2. The average molecular weight is 1730 g/mol. The molecule has 0 fully saturated rings. The zero-order valence-electron chi connectivity index (χ0n) is 74.1.